The highest BCUT2D eigenvalue weighted by Gasteiger charge is 2.39. The van der Waals surface area contributed by atoms with Gasteiger partial charge < -0.3 is 36.5 Å². The molecule has 5 unspecified atom stereocenters. The molecule has 1 aliphatic rings. The number of nitrogens with zero attached hydrogens (tertiary/aromatic N) is 2. The Hall–Kier alpha value is -2.99. The normalized spacial score (nSPS) is 19.8. The summed E-state index contributed by atoms with van der Waals surface area (Å²) >= 11 is 0. The largest absolute Gasteiger partial charge is 0.480 e. The van der Waals surface area contributed by atoms with E-state index in [1.165, 1.54) is 24.3 Å². The van der Waals surface area contributed by atoms with Crippen molar-refractivity contribution >= 4 is 23.7 Å². The molecule has 1 saturated heterocycles. The maximum atomic E-state index is 13.0. The van der Waals surface area contributed by atoms with Crippen LogP contribution in [0.4, 0.5) is 0 Å². The van der Waals surface area contributed by atoms with E-state index in [1.54, 1.807) is 13.8 Å². The predicted molar refractivity (Wildman–Crippen MR) is 113 cm³/mol. The maximum absolute atomic E-state index is 13.0. The minimum atomic E-state index is -1.18. The summed E-state index contributed by atoms with van der Waals surface area (Å²) in [5.41, 5.74) is 6.32. The summed E-state index contributed by atoms with van der Waals surface area (Å²) < 4.78 is 0. The Labute approximate surface area is 185 Å². The van der Waals surface area contributed by atoms with E-state index in [4.69, 9.17) is 5.73 Å². The quantitative estimate of drug-likeness (QED) is 0.243. The molecule has 1 aromatic rings. The van der Waals surface area contributed by atoms with Crippen LogP contribution >= 0.6 is 0 Å². The Morgan fingerprint density at radius 2 is 1.97 bits per heavy atom. The summed E-state index contributed by atoms with van der Waals surface area (Å²) in [5, 5.41) is 24.1. The average Bonchev–Trinajstić information content (AvgIpc) is 3.41. The first-order valence-electron chi connectivity index (χ1n) is 10.6. The molecule has 32 heavy (non-hydrogen) atoms. The Kier molecular flexibility index (Phi) is 8.72. The number of aromatic amines is 1. The Morgan fingerprint density at radius 3 is 2.50 bits per heavy atom. The van der Waals surface area contributed by atoms with Crippen LogP contribution in [0.5, 0.6) is 0 Å². The van der Waals surface area contributed by atoms with Crippen molar-refractivity contribution in [3.8, 4) is 0 Å². The Morgan fingerprint density at radius 1 is 1.28 bits per heavy atom. The van der Waals surface area contributed by atoms with Gasteiger partial charge in [-0.2, -0.15) is 0 Å². The molecule has 1 aromatic heterocycles. The molecule has 1 fully saturated rings. The van der Waals surface area contributed by atoms with Crippen molar-refractivity contribution in [3.63, 3.8) is 0 Å². The number of imidazole rings is 1. The number of H-pyrrole nitrogens is 1. The van der Waals surface area contributed by atoms with Gasteiger partial charge in [-0.05, 0) is 25.7 Å². The fourth-order valence-corrected chi connectivity index (χ4v) is 3.56. The zero-order chi connectivity index (χ0) is 24.0. The van der Waals surface area contributed by atoms with Crippen LogP contribution in [0.25, 0.3) is 0 Å². The zero-order valence-corrected chi connectivity index (χ0v) is 18.4. The van der Waals surface area contributed by atoms with E-state index in [1.807, 2.05) is 0 Å². The van der Waals surface area contributed by atoms with Crippen molar-refractivity contribution < 1.29 is 29.4 Å². The van der Waals surface area contributed by atoms with Gasteiger partial charge in [0.15, 0.2) is 0 Å². The lowest BCUT2D eigenvalue weighted by molar-refractivity contribution is -0.144. The van der Waals surface area contributed by atoms with Crippen molar-refractivity contribution in [1.82, 2.24) is 25.5 Å². The molecule has 0 aromatic carbocycles. The molecular weight excluding hydrogens is 420 g/mol. The molecule has 7 N–H and O–H groups in total. The minimum Gasteiger partial charge on any atom is -0.480 e. The molecule has 12 nitrogen and oxygen atoms in total. The second-order valence-electron chi connectivity index (χ2n) is 8.37. The van der Waals surface area contributed by atoms with E-state index < -0.39 is 54.0 Å². The molecule has 178 valence electrons. The summed E-state index contributed by atoms with van der Waals surface area (Å²) in [4.78, 5) is 58.0. The number of nitrogens with one attached hydrogen (secondary N) is 3. The van der Waals surface area contributed by atoms with Gasteiger partial charge in [-0.1, -0.05) is 13.8 Å². The van der Waals surface area contributed by atoms with Gasteiger partial charge in [-0.3, -0.25) is 14.4 Å². The van der Waals surface area contributed by atoms with Crippen molar-refractivity contribution in [2.75, 3.05) is 6.54 Å². The van der Waals surface area contributed by atoms with Gasteiger partial charge in [0.2, 0.25) is 17.7 Å². The van der Waals surface area contributed by atoms with Gasteiger partial charge in [0.05, 0.1) is 12.4 Å². The molecule has 0 aliphatic carbocycles. The minimum absolute atomic E-state index is 0.0515. The summed E-state index contributed by atoms with van der Waals surface area (Å²) in [6, 6.07) is -4.22. The van der Waals surface area contributed by atoms with Crippen LogP contribution in [0.2, 0.25) is 0 Å². The number of amides is 3. The molecule has 0 bridgehead atoms. The smallest absolute Gasteiger partial charge is 0.326 e. The van der Waals surface area contributed by atoms with Crippen LogP contribution in [0.15, 0.2) is 12.5 Å². The highest BCUT2D eigenvalue weighted by molar-refractivity contribution is 5.94. The number of aliphatic hydroxyl groups is 1. The van der Waals surface area contributed by atoms with E-state index in [-0.39, 0.29) is 12.3 Å². The Bertz CT molecular complexity index is 812. The number of likely N-dealkylation sites (tertiary alicyclic amines) is 1. The van der Waals surface area contributed by atoms with Gasteiger partial charge in [0.25, 0.3) is 0 Å². The molecule has 0 spiro atoms. The van der Waals surface area contributed by atoms with Gasteiger partial charge in [0, 0.05) is 24.9 Å². The van der Waals surface area contributed by atoms with E-state index in [0.717, 1.165) is 0 Å². The third kappa shape index (κ3) is 6.26. The fourth-order valence-electron chi connectivity index (χ4n) is 3.56. The van der Waals surface area contributed by atoms with E-state index in [2.05, 4.69) is 20.6 Å². The van der Waals surface area contributed by atoms with E-state index in [9.17, 15) is 29.4 Å². The highest BCUT2D eigenvalue weighted by atomic mass is 16.4. The van der Waals surface area contributed by atoms with Crippen molar-refractivity contribution in [2.24, 2.45) is 11.7 Å². The van der Waals surface area contributed by atoms with Gasteiger partial charge in [-0.15, -0.1) is 0 Å². The molecule has 1 aliphatic heterocycles. The standard InChI is InChI=1S/C20H32N6O6/c1-10(2)16(20(31)32)25-17(28)13(7-12-8-22-9-23-12)24-18(29)14-5-4-6-26(14)19(30)15(21)11(3)27/h8-11,13-16,27H,4-7,21H2,1-3H3,(H,22,23)(H,24,29)(H,25,28)(H,31,32). The lowest BCUT2D eigenvalue weighted by atomic mass is 10.0. The van der Waals surface area contributed by atoms with Gasteiger partial charge >= 0.3 is 5.97 Å². The second-order valence-corrected chi connectivity index (χ2v) is 8.37. The van der Waals surface area contributed by atoms with Crippen LogP contribution in [-0.4, -0.2) is 85.6 Å². The maximum Gasteiger partial charge on any atom is 0.326 e. The number of rotatable bonds is 10. The molecular formula is C20H32N6O6. The molecule has 0 saturated carbocycles. The second kappa shape index (κ2) is 11.0. The average molecular weight is 453 g/mol. The van der Waals surface area contributed by atoms with Crippen LogP contribution in [0, 0.1) is 5.92 Å². The summed E-state index contributed by atoms with van der Waals surface area (Å²) in [6.07, 6.45) is 2.85. The van der Waals surface area contributed by atoms with Crippen molar-refractivity contribution in [3.05, 3.63) is 18.2 Å². The highest BCUT2D eigenvalue weighted by Crippen LogP contribution is 2.19. The number of aromatic nitrogens is 2. The third-order valence-electron chi connectivity index (χ3n) is 5.49. The molecule has 2 rings (SSSR count). The lowest BCUT2D eigenvalue weighted by Crippen LogP contribution is -2.58. The topological polar surface area (TPSA) is 191 Å². The van der Waals surface area contributed by atoms with Gasteiger partial charge in [0.1, 0.15) is 24.2 Å². The van der Waals surface area contributed by atoms with Crippen LogP contribution in [0.1, 0.15) is 39.3 Å². The molecule has 0 radical (unpaired) electrons. The van der Waals surface area contributed by atoms with E-state index in [0.29, 0.717) is 25.1 Å². The number of aliphatic hydroxyl groups excluding tert-OH is 1. The number of aliphatic carboxylic acids is 1. The lowest BCUT2D eigenvalue weighted by Gasteiger charge is -2.29. The fraction of sp³-hybridized carbons (Fsp3) is 0.650. The number of carbonyl (C=O) groups excluding carboxylic acids is 3. The van der Waals surface area contributed by atoms with Crippen LogP contribution in [-0.2, 0) is 25.6 Å². The summed E-state index contributed by atoms with van der Waals surface area (Å²) in [5.74, 6) is -3.31. The Balaban J connectivity index is 2.17. The monoisotopic (exact) mass is 452 g/mol. The number of carbonyl (C=O) groups is 4. The molecule has 5 atom stereocenters. The number of nitrogens with two attached hydrogens (primary N) is 1. The number of carboxylic acid groups (broad SMARTS) is 1. The SMILES string of the molecule is CC(C)C(NC(=O)C(Cc1cnc[nH]1)NC(=O)C1CCCN1C(=O)C(N)C(C)O)C(=O)O. The molecule has 3 amide bonds. The molecule has 12 heteroatoms. The van der Waals surface area contributed by atoms with Crippen LogP contribution in [0.3, 0.4) is 0 Å². The summed E-state index contributed by atoms with van der Waals surface area (Å²) in [7, 11) is 0. The van der Waals surface area contributed by atoms with Crippen molar-refractivity contribution in [2.45, 2.75) is 70.3 Å². The van der Waals surface area contributed by atoms with Gasteiger partial charge in [-0.25, -0.2) is 9.78 Å². The first kappa shape index (κ1) is 25.3. The van der Waals surface area contributed by atoms with Crippen LogP contribution < -0.4 is 16.4 Å². The number of hydrogen-bond donors (Lipinski definition) is 6. The van der Waals surface area contributed by atoms with Crippen molar-refractivity contribution in [1.29, 1.82) is 0 Å². The third-order valence-corrected chi connectivity index (χ3v) is 5.49. The predicted octanol–water partition coefficient (Wildman–Crippen LogP) is -1.64. The summed E-state index contributed by atoms with van der Waals surface area (Å²) in [6.45, 7) is 5.03. The first-order valence-corrected chi connectivity index (χ1v) is 10.6. The number of carboxylic acids is 1. The first-order chi connectivity index (χ1) is 15.0. The van der Waals surface area contributed by atoms with E-state index >= 15 is 0 Å². The number of hydrogen-bond acceptors (Lipinski definition) is 7. The molecule has 2 heterocycles. The zero-order valence-electron chi connectivity index (χ0n) is 18.4.